The van der Waals surface area contributed by atoms with Crippen LogP contribution in [0.3, 0.4) is 0 Å². The average Bonchev–Trinajstić information content (AvgIpc) is 2.97. The normalized spacial score (nSPS) is 16.0. The van der Waals surface area contributed by atoms with E-state index in [1.807, 2.05) is 0 Å². The van der Waals surface area contributed by atoms with Crippen LogP contribution in [0, 0.1) is 0 Å². The van der Waals surface area contributed by atoms with Gasteiger partial charge in [0.15, 0.2) is 5.76 Å². The Kier molecular flexibility index (Phi) is 6.72. The summed E-state index contributed by atoms with van der Waals surface area (Å²) in [7, 11) is 0. The van der Waals surface area contributed by atoms with Gasteiger partial charge >= 0.3 is 0 Å². The van der Waals surface area contributed by atoms with Gasteiger partial charge < -0.3 is 25.1 Å². The van der Waals surface area contributed by atoms with Gasteiger partial charge in [-0.25, -0.2) is 0 Å². The predicted molar refractivity (Wildman–Crippen MR) is 80.1 cm³/mol. The number of furan rings is 1. The molecule has 1 saturated heterocycles. The van der Waals surface area contributed by atoms with Crippen LogP contribution in [0.5, 0.6) is 0 Å². The maximum absolute atomic E-state index is 11.9. The molecule has 1 aliphatic heterocycles. The number of hydrogen-bond donors (Lipinski definition) is 3. The van der Waals surface area contributed by atoms with Crippen LogP contribution in [-0.4, -0.2) is 55.2 Å². The lowest BCUT2D eigenvalue weighted by Gasteiger charge is -2.26. The second-order valence-corrected chi connectivity index (χ2v) is 5.32. The van der Waals surface area contributed by atoms with Gasteiger partial charge in [0.1, 0.15) is 5.76 Å². The predicted octanol–water partition coefficient (Wildman–Crippen LogP) is 0.577. The highest BCUT2D eigenvalue weighted by Crippen LogP contribution is 2.09. The third-order valence-electron chi connectivity index (χ3n) is 3.64. The van der Waals surface area contributed by atoms with Crippen molar-refractivity contribution in [1.29, 1.82) is 0 Å². The fourth-order valence-corrected chi connectivity index (χ4v) is 2.48. The van der Waals surface area contributed by atoms with E-state index in [1.165, 1.54) is 19.3 Å². The molecule has 0 spiro atoms. The van der Waals surface area contributed by atoms with Crippen molar-refractivity contribution in [2.75, 3.05) is 39.3 Å². The van der Waals surface area contributed by atoms with Gasteiger partial charge in [0.05, 0.1) is 13.2 Å². The largest absolute Gasteiger partial charge is 0.455 e. The minimum absolute atomic E-state index is 0.0878. The van der Waals surface area contributed by atoms with Crippen molar-refractivity contribution in [3.8, 4) is 0 Å². The highest BCUT2D eigenvalue weighted by Gasteiger charge is 2.13. The molecule has 1 fully saturated rings. The smallest absolute Gasteiger partial charge is 0.287 e. The third kappa shape index (κ3) is 5.49. The van der Waals surface area contributed by atoms with E-state index in [2.05, 4.69) is 15.5 Å². The first-order valence-electron chi connectivity index (χ1n) is 7.70. The number of aliphatic hydroxyl groups is 1. The molecule has 2 rings (SSSR count). The topological polar surface area (TPSA) is 77.7 Å². The summed E-state index contributed by atoms with van der Waals surface area (Å²) in [6, 6.07) is 3.47. The lowest BCUT2D eigenvalue weighted by molar-refractivity contribution is 0.0917. The van der Waals surface area contributed by atoms with Gasteiger partial charge in [-0.2, -0.15) is 0 Å². The standard InChI is InChI=1S/C15H25N3O3/c19-11-7-16-12-13-4-5-14(21-13)15(20)17-6-10-18-8-2-1-3-9-18/h4-5,16,19H,1-3,6-12H2,(H,17,20). The highest BCUT2D eigenvalue weighted by molar-refractivity contribution is 5.91. The number of nitrogens with one attached hydrogen (secondary N) is 2. The van der Waals surface area contributed by atoms with E-state index in [1.54, 1.807) is 12.1 Å². The number of rotatable bonds is 8. The van der Waals surface area contributed by atoms with Crippen LogP contribution in [0.2, 0.25) is 0 Å². The zero-order valence-electron chi connectivity index (χ0n) is 12.4. The van der Waals surface area contributed by atoms with Gasteiger partial charge in [-0.15, -0.1) is 0 Å². The van der Waals surface area contributed by atoms with Crippen molar-refractivity contribution in [2.45, 2.75) is 25.8 Å². The van der Waals surface area contributed by atoms with E-state index < -0.39 is 0 Å². The average molecular weight is 295 g/mol. The maximum Gasteiger partial charge on any atom is 0.287 e. The fourth-order valence-electron chi connectivity index (χ4n) is 2.48. The molecule has 0 saturated carbocycles. The molecule has 3 N–H and O–H groups in total. The molecule has 0 aromatic carbocycles. The van der Waals surface area contributed by atoms with E-state index >= 15 is 0 Å². The molecule has 6 nitrogen and oxygen atoms in total. The number of nitrogens with zero attached hydrogens (tertiary/aromatic N) is 1. The van der Waals surface area contributed by atoms with Gasteiger partial charge in [0.2, 0.25) is 0 Å². The molecule has 2 heterocycles. The molecular formula is C15H25N3O3. The van der Waals surface area contributed by atoms with Crippen molar-refractivity contribution in [3.63, 3.8) is 0 Å². The summed E-state index contributed by atoms with van der Waals surface area (Å²) in [6.07, 6.45) is 3.84. The number of carbonyl (C=O) groups excluding carboxylic acids is 1. The molecule has 0 bridgehead atoms. The van der Waals surface area contributed by atoms with Gasteiger partial charge in [-0.3, -0.25) is 4.79 Å². The maximum atomic E-state index is 11.9. The number of piperidine rings is 1. The molecule has 0 aliphatic carbocycles. The van der Waals surface area contributed by atoms with Gasteiger partial charge in [0.25, 0.3) is 5.91 Å². The van der Waals surface area contributed by atoms with Gasteiger partial charge in [-0.1, -0.05) is 6.42 Å². The first kappa shape index (κ1) is 16.0. The summed E-state index contributed by atoms with van der Waals surface area (Å²) in [6.45, 7) is 4.94. The summed E-state index contributed by atoms with van der Waals surface area (Å²) in [5.41, 5.74) is 0. The Balaban J connectivity index is 1.67. The first-order valence-corrected chi connectivity index (χ1v) is 7.70. The Morgan fingerprint density at radius 1 is 1.24 bits per heavy atom. The summed E-state index contributed by atoms with van der Waals surface area (Å²) in [5.74, 6) is 0.875. The van der Waals surface area contributed by atoms with Crippen molar-refractivity contribution < 1.29 is 14.3 Å². The third-order valence-corrected chi connectivity index (χ3v) is 3.64. The van der Waals surface area contributed by atoms with Crippen molar-refractivity contribution in [3.05, 3.63) is 23.7 Å². The van der Waals surface area contributed by atoms with Crippen LogP contribution in [0.15, 0.2) is 16.5 Å². The molecule has 6 heteroatoms. The molecule has 1 aromatic heterocycles. The molecule has 0 radical (unpaired) electrons. The minimum Gasteiger partial charge on any atom is -0.455 e. The number of likely N-dealkylation sites (tertiary alicyclic amines) is 1. The number of aliphatic hydroxyl groups excluding tert-OH is 1. The Hall–Kier alpha value is -1.37. The monoisotopic (exact) mass is 295 g/mol. The lowest BCUT2D eigenvalue weighted by Crippen LogP contribution is -2.37. The number of hydrogen-bond acceptors (Lipinski definition) is 5. The van der Waals surface area contributed by atoms with E-state index in [4.69, 9.17) is 9.52 Å². The van der Waals surface area contributed by atoms with Crippen LogP contribution in [-0.2, 0) is 6.54 Å². The molecule has 1 aliphatic rings. The van der Waals surface area contributed by atoms with Crippen LogP contribution in [0.25, 0.3) is 0 Å². The molecule has 0 unspecified atom stereocenters. The zero-order valence-corrected chi connectivity index (χ0v) is 12.4. The summed E-state index contributed by atoms with van der Waals surface area (Å²) >= 11 is 0. The molecule has 1 aromatic rings. The van der Waals surface area contributed by atoms with Crippen LogP contribution >= 0.6 is 0 Å². The quantitative estimate of drug-likeness (QED) is 0.612. The Labute approximate surface area is 125 Å². The molecule has 1 amide bonds. The second-order valence-electron chi connectivity index (χ2n) is 5.32. The Morgan fingerprint density at radius 3 is 2.81 bits per heavy atom. The SMILES string of the molecule is O=C(NCCN1CCCCC1)c1ccc(CNCCO)o1. The second kappa shape index (κ2) is 8.81. The lowest BCUT2D eigenvalue weighted by atomic mass is 10.1. The summed E-state index contributed by atoms with van der Waals surface area (Å²) in [5, 5.41) is 14.6. The zero-order chi connectivity index (χ0) is 14.9. The molecule has 118 valence electrons. The van der Waals surface area contributed by atoms with Crippen molar-refractivity contribution in [1.82, 2.24) is 15.5 Å². The summed E-state index contributed by atoms with van der Waals surface area (Å²) < 4.78 is 5.46. The summed E-state index contributed by atoms with van der Waals surface area (Å²) in [4.78, 5) is 14.3. The van der Waals surface area contributed by atoms with Crippen LogP contribution in [0.1, 0.15) is 35.6 Å². The van der Waals surface area contributed by atoms with E-state index in [0.29, 0.717) is 31.2 Å². The molecular weight excluding hydrogens is 270 g/mol. The highest BCUT2D eigenvalue weighted by atomic mass is 16.4. The van der Waals surface area contributed by atoms with Gasteiger partial charge in [0, 0.05) is 19.6 Å². The number of carbonyl (C=O) groups is 1. The molecule has 21 heavy (non-hydrogen) atoms. The van der Waals surface area contributed by atoms with E-state index in [0.717, 1.165) is 19.6 Å². The molecule has 0 atom stereocenters. The fraction of sp³-hybridized carbons (Fsp3) is 0.667. The first-order chi connectivity index (χ1) is 10.3. The van der Waals surface area contributed by atoms with Crippen molar-refractivity contribution >= 4 is 5.91 Å². The van der Waals surface area contributed by atoms with E-state index in [-0.39, 0.29) is 12.5 Å². The van der Waals surface area contributed by atoms with Crippen molar-refractivity contribution in [2.24, 2.45) is 0 Å². The number of amides is 1. The van der Waals surface area contributed by atoms with Crippen LogP contribution < -0.4 is 10.6 Å². The van der Waals surface area contributed by atoms with E-state index in [9.17, 15) is 4.79 Å². The Morgan fingerprint density at radius 2 is 2.05 bits per heavy atom. The van der Waals surface area contributed by atoms with Crippen LogP contribution in [0.4, 0.5) is 0 Å². The van der Waals surface area contributed by atoms with Gasteiger partial charge in [-0.05, 0) is 38.1 Å². The Bertz CT molecular complexity index is 428. The minimum atomic E-state index is -0.166.